The normalized spacial score (nSPS) is 12.6. The summed E-state index contributed by atoms with van der Waals surface area (Å²) in [5.41, 5.74) is 11.2. The van der Waals surface area contributed by atoms with Crippen molar-refractivity contribution in [3.05, 3.63) is 116 Å². The van der Waals surface area contributed by atoms with Crippen molar-refractivity contribution in [2.45, 2.75) is 0 Å². The Balaban J connectivity index is 0.00000242. The average Bonchev–Trinajstić information content (AvgIpc) is 3.65. The topological polar surface area (TPSA) is 42.8 Å². The van der Waals surface area contributed by atoms with Crippen LogP contribution in [0, 0.1) is 12.1 Å². The van der Waals surface area contributed by atoms with Crippen molar-refractivity contribution in [1.82, 2.24) is 19.7 Å². The molecule has 0 amide bonds. The van der Waals surface area contributed by atoms with Crippen LogP contribution in [-0.4, -0.2) is 26.5 Å². The Morgan fingerprint density at radius 1 is 0.684 bits per heavy atom. The van der Waals surface area contributed by atoms with Crippen LogP contribution in [0.15, 0.2) is 104 Å². The number of aryl methyl sites for hydroxylation is 1. The van der Waals surface area contributed by atoms with E-state index in [0.29, 0.717) is 0 Å². The molecule has 182 valence electrons. The van der Waals surface area contributed by atoms with Crippen LogP contribution in [-0.2, 0) is 27.5 Å². The fourth-order valence-electron chi connectivity index (χ4n) is 5.71. The molecule has 0 saturated carbocycles. The first kappa shape index (κ1) is 22.9. The zero-order valence-electron chi connectivity index (χ0n) is 20.4. The molecular formula is C30H20BN6Pd+. The molecule has 0 atom stereocenters. The third kappa shape index (κ3) is 3.28. The Hall–Kier alpha value is -4.24. The van der Waals surface area contributed by atoms with Crippen LogP contribution < -0.4 is 20.4 Å². The summed E-state index contributed by atoms with van der Waals surface area (Å²) < 4.78 is 5.53. The molecule has 2 aliphatic rings. The Morgan fingerprint density at radius 3 is 1.84 bits per heavy atom. The summed E-state index contributed by atoms with van der Waals surface area (Å²) in [6.07, 6.45) is 7.65. The smallest absolute Gasteiger partial charge is 0.381 e. The molecule has 0 spiro atoms. The zero-order chi connectivity index (χ0) is 24.5. The van der Waals surface area contributed by atoms with Gasteiger partial charge in [0.25, 0.3) is 6.85 Å². The number of hydrogen-bond donors (Lipinski definition) is 0. The zero-order valence-corrected chi connectivity index (χ0v) is 21.9. The summed E-state index contributed by atoms with van der Waals surface area (Å²) in [6.45, 7) is -0.102. The van der Waals surface area contributed by atoms with E-state index in [2.05, 4.69) is 100 Å². The van der Waals surface area contributed by atoms with E-state index in [1.54, 1.807) is 10.9 Å². The first-order valence-corrected chi connectivity index (χ1v) is 12.3. The molecule has 0 bridgehead atoms. The van der Waals surface area contributed by atoms with Crippen molar-refractivity contribution in [2.24, 2.45) is 7.05 Å². The molecule has 0 unspecified atom stereocenters. The summed E-state index contributed by atoms with van der Waals surface area (Å²) in [6, 6.07) is 35.3. The predicted octanol–water partition coefficient (Wildman–Crippen LogP) is 3.39. The molecule has 4 heterocycles. The number of aromatic nitrogens is 5. The third-order valence-electron chi connectivity index (χ3n) is 7.29. The number of fused-ring (bicyclic) bond motifs is 11. The molecule has 4 aromatic carbocycles. The third-order valence-corrected chi connectivity index (χ3v) is 7.29. The van der Waals surface area contributed by atoms with E-state index in [0.717, 1.165) is 22.3 Å². The number of anilines is 2. The quantitative estimate of drug-likeness (QED) is 0.179. The molecule has 0 aliphatic carbocycles. The maximum Gasteiger partial charge on any atom is 2.00 e. The van der Waals surface area contributed by atoms with Gasteiger partial charge in [-0.25, -0.2) is 0 Å². The maximum absolute atomic E-state index is 4.58. The summed E-state index contributed by atoms with van der Waals surface area (Å²) in [5, 5.41) is 9.05. The van der Waals surface area contributed by atoms with Gasteiger partial charge in [0.2, 0.25) is 0 Å². The molecule has 0 fully saturated rings. The van der Waals surface area contributed by atoms with Gasteiger partial charge in [0, 0.05) is 29.5 Å². The fraction of sp³-hybridized carbons (Fsp3) is 0.0333. The predicted molar refractivity (Wildman–Crippen MR) is 144 cm³/mol. The van der Waals surface area contributed by atoms with Crippen molar-refractivity contribution in [2.75, 3.05) is 4.81 Å². The van der Waals surface area contributed by atoms with Crippen LogP contribution in [0.25, 0.3) is 33.6 Å². The minimum absolute atomic E-state index is 0. The van der Waals surface area contributed by atoms with Gasteiger partial charge in [-0.05, 0) is 23.9 Å². The second-order valence-electron chi connectivity index (χ2n) is 9.41. The first-order valence-electron chi connectivity index (χ1n) is 12.3. The van der Waals surface area contributed by atoms with Crippen LogP contribution in [0.4, 0.5) is 11.4 Å². The van der Waals surface area contributed by atoms with E-state index < -0.39 is 0 Å². The summed E-state index contributed by atoms with van der Waals surface area (Å²) >= 11 is 0. The summed E-state index contributed by atoms with van der Waals surface area (Å²) in [5.74, 6) is 0. The van der Waals surface area contributed by atoms with Crippen molar-refractivity contribution < 1.29 is 25.1 Å². The Kier molecular flexibility index (Phi) is 5.22. The van der Waals surface area contributed by atoms with Crippen molar-refractivity contribution in [3.63, 3.8) is 0 Å². The summed E-state index contributed by atoms with van der Waals surface area (Å²) in [7, 11) is 1.92. The molecule has 0 saturated heterocycles. The van der Waals surface area contributed by atoms with Crippen LogP contribution in [0.1, 0.15) is 0 Å². The Morgan fingerprint density at radius 2 is 1.29 bits per heavy atom. The molecule has 6 nitrogen and oxygen atoms in total. The van der Waals surface area contributed by atoms with Gasteiger partial charge in [0.05, 0.1) is 5.21 Å². The number of para-hydroxylation sites is 2. The SMILES string of the molecule is C[n+]1ccn(-c2[c-]c3c(cc2)-c2ccccc2N2B3c3[c-]c(-n4cccn4)ccc3-c3ccccc32)n1.[Pd+2]. The fourth-order valence-corrected chi connectivity index (χ4v) is 5.71. The van der Waals surface area contributed by atoms with E-state index in [1.165, 1.54) is 33.6 Å². The summed E-state index contributed by atoms with van der Waals surface area (Å²) in [4.78, 5) is 2.45. The van der Waals surface area contributed by atoms with Crippen molar-refractivity contribution >= 4 is 29.1 Å². The van der Waals surface area contributed by atoms with Crippen LogP contribution in [0.5, 0.6) is 0 Å². The molecule has 0 N–H and O–H groups in total. The number of rotatable bonds is 2. The van der Waals surface area contributed by atoms with Gasteiger partial charge in [-0.15, -0.1) is 38.7 Å². The largest absolute Gasteiger partial charge is 2.00 e. The van der Waals surface area contributed by atoms with Crippen molar-refractivity contribution in [1.29, 1.82) is 0 Å². The van der Waals surface area contributed by atoms with E-state index >= 15 is 0 Å². The van der Waals surface area contributed by atoms with Gasteiger partial charge >= 0.3 is 20.4 Å². The number of benzene rings is 4. The van der Waals surface area contributed by atoms with Gasteiger partial charge in [0.1, 0.15) is 7.05 Å². The second-order valence-corrected chi connectivity index (χ2v) is 9.41. The van der Waals surface area contributed by atoms with Crippen LogP contribution >= 0.6 is 0 Å². The van der Waals surface area contributed by atoms with Gasteiger partial charge in [-0.3, -0.25) is 4.68 Å². The molecular weight excluding hydrogens is 562 g/mol. The average molecular weight is 582 g/mol. The number of nitrogens with zero attached hydrogens (tertiary/aromatic N) is 6. The monoisotopic (exact) mass is 581 g/mol. The molecule has 8 rings (SSSR count). The van der Waals surface area contributed by atoms with E-state index in [-0.39, 0.29) is 27.3 Å². The van der Waals surface area contributed by atoms with Gasteiger partial charge in [-0.1, -0.05) is 47.5 Å². The van der Waals surface area contributed by atoms with Crippen LogP contribution in [0.3, 0.4) is 0 Å². The maximum atomic E-state index is 4.58. The van der Waals surface area contributed by atoms with E-state index in [4.69, 9.17) is 0 Å². The Bertz CT molecular complexity index is 1830. The molecule has 38 heavy (non-hydrogen) atoms. The van der Waals surface area contributed by atoms with E-state index in [1.807, 2.05) is 41.1 Å². The van der Waals surface area contributed by atoms with Gasteiger partial charge < -0.3 is 4.81 Å². The molecule has 0 radical (unpaired) electrons. The van der Waals surface area contributed by atoms with Crippen molar-refractivity contribution in [3.8, 4) is 33.6 Å². The first-order chi connectivity index (χ1) is 18.3. The molecule has 2 aliphatic heterocycles. The van der Waals surface area contributed by atoms with Crippen LogP contribution in [0.2, 0.25) is 0 Å². The van der Waals surface area contributed by atoms with Gasteiger partial charge in [-0.2, -0.15) is 34.2 Å². The molecule has 2 aromatic heterocycles. The van der Waals surface area contributed by atoms with Gasteiger partial charge in [0.15, 0.2) is 12.4 Å². The molecule has 8 heteroatoms. The second kappa shape index (κ2) is 8.66. The standard InChI is InChI=1S/C30H20BN6.Pd/c1-34-17-18-36(33-34)22-12-14-24-26-8-3-5-10-30(26)37-29-9-4-2-7-25(29)23-13-11-21(35-16-6-15-32-35)19-27(23)31(37)28(24)20-22;/h2-18H,1H3;/q-1;+2. The minimum Gasteiger partial charge on any atom is -0.381 e. The number of hydrogen-bond acceptors (Lipinski definition) is 3. The Labute approximate surface area is 234 Å². The van der Waals surface area contributed by atoms with E-state index in [9.17, 15) is 0 Å². The minimum atomic E-state index is -0.102. The molecule has 6 aromatic rings.